The second-order valence-corrected chi connectivity index (χ2v) is 8.11. The molecule has 0 unspecified atom stereocenters. The number of aromatic hydroxyl groups is 1. The number of aryl methyl sites for hydroxylation is 1. The van der Waals surface area contributed by atoms with Gasteiger partial charge in [0.25, 0.3) is 5.91 Å². The molecule has 4 aromatic rings. The van der Waals surface area contributed by atoms with Gasteiger partial charge >= 0.3 is 0 Å². The van der Waals surface area contributed by atoms with Gasteiger partial charge in [0.15, 0.2) is 0 Å². The Morgan fingerprint density at radius 1 is 1.15 bits per heavy atom. The van der Waals surface area contributed by atoms with Crippen LogP contribution in [0.1, 0.15) is 26.3 Å². The van der Waals surface area contributed by atoms with Crippen molar-refractivity contribution in [3.05, 3.63) is 47.0 Å². The fourth-order valence-corrected chi connectivity index (χ4v) is 3.91. The van der Waals surface area contributed by atoms with Gasteiger partial charge in [-0.05, 0) is 38.7 Å². The standard InChI is InChI=1S/C24H25N5O4/c1-12-10-15-16(11-17(12)33-4)28-20-18-13(6-5-7-14(18)23(25)31)22(30)19(21(20)27-15)24(32)26-8-9-29(2)3/h5-7,10-11,30H,8-9H2,1-4H3,(H2,25,31)(H,26,32). The Balaban J connectivity index is 2.10. The summed E-state index contributed by atoms with van der Waals surface area (Å²) in [4.78, 5) is 36.7. The van der Waals surface area contributed by atoms with Crippen LogP contribution in [0.4, 0.5) is 0 Å². The van der Waals surface area contributed by atoms with E-state index in [9.17, 15) is 14.7 Å². The molecule has 4 N–H and O–H groups in total. The lowest BCUT2D eigenvalue weighted by Crippen LogP contribution is -2.31. The summed E-state index contributed by atoms with van der Waals surface area (Å²) in [6, 6.07) is 8.33. The molecule has 0 aliphatic carbocycles. The number of hydrogen-bond acceptors (Lipinski definition) is 7. The number of nitrogens with zero attached hydrogens (tertiary/aromatic N) is 3. The average molecular weight is 447 g/mol. The Kier molecular flexibility index (Phi) is 5.73. The highest BCUT2D eigenvalue weighted by atomic mass is 16.5. The van der Waals surface area contributed by atoms with Crippen molar-refractivity contribution in [2.45, 2.75) is 6.92 Å². The van der Waals surface area contributed by atoms with Crippen LogP contribution in [-0.2, 0) is 0 Å². The van der Waals surface area contributed by atoms with Crippen LogP contribution in [0.3, 0.4) is 0 Å². The van der Waals surface area contributed by atoms with Gasteiger partial charge in [0.2, 0.25) is 5.91 Å². The van der Waals surface area contributed by atoms with E-state index in [1.807, 2.05) is 25.9 Å². The average Bonchev–Trinajstić information content (AvgIpc) is 2.77. The zero-order valence-corrected chi connectivity index (χ0v) is 18.9. The molecule has 1 heterocycles. The van der Waals surface area contributed by atoms with Crippen LogP contribution >= 0.6 is 0 Å². The third-order valence-electron chi connectivity index (χ3n) is 5.55. The lowest BCUT2D eigenvalue weighted by Gasteiger charge is -2.16. The number of nitrogens with one attached hydrogen (secondary N) is 1. The van der Waals surface area contributed by atoms with Crippen molar-refractivity contribution in [3.8, 4) is 11.5 Å². The van der Waals surface area contributed by atoms with Crippen molar-refractivity contribution in [2.75, 3.05) is 34.3 Å². The molecule has 9 heteroatoms. The molecule has 0 aliphatic heterocycles. The molecule has 4 rings (SSSR count). The fraction of sp³-hybridized carbons (Fsp3) is 0.250. The van der Waals surface area contributed by atoms with Gasteiger partial charge in [-0.15, -0.1) is 0 Å². The maximum Gasteiger partial charge on any atom is 0.257 e. The monoisotopic (exact) mass is 447 g/mol. The van der Waals surface area contributed by atoms with Gasteiger partial charge in [-0.3, -0.25) is 9.59 Å². The second kappa shape index (κ2) is 8.51. The number of primary amides is 1. The summed E-state index contributed by atoms with van der Waals surface area (Å²) < 4.78 is 5.41. The maximum absolute atomic E-state index is 13.2. The highest BCUT2D eigenvalue weighted by Crippen LogP contribution is 2.38. The van der Waals surface area contributed by atoms with Crippen LogP contribution < -0.4 is 15.8 Å². The van der Waals surface area contributed by atoms with Gasteiger partial charge in [-0.2, -0.15) is 0 Å². The third-order valence-corrected chi connectivity index (χ3v) is 5.55. The smallest absolute Gasteiger partial charge is 0.257 e. The Morgan fingerprint density at radius 3 is 2.52 bits per heavy atom. The largest absolute Gasteiger partial charge is 0.506 e. The molecular formula is C24H25N5O4. The lowest BCUT2D eigenvalue weighted by molar-refractivity contribution is 0.0949. The van der Waals surface area contributed by atoms with Crippen molar-refractivity contribution in [1.82, 2.24) is 20.2 Å². The molecule has 33 heavy (non-hydrogen) atoms. The molecule has 9 nitrogen and oxygen atoms in total. The predicted molar refractivity (Wildman–Crippen MR) is 127 cm³/mol. The molecule has 0 saturated heterocycles. The molecule has 0 bridgehead atoms. The van der Waals surface area contributed by atoms with Crippen molar-refractivity contribution in [3.63, 3.8) is 0 Å². The number of carbonyl (C=O) groups is 2. The Morgan fingerprint density at radius 2 is 1.85 bits per heavy atom. The number of phenols is 1. The van der Waals surface area contributed by atoms with Crippen molar-refractivity contribution < 1.29 is 19.4 Å². The molecule has 0 radical (unpaired) electrons. The van der Waals surface area contributed by atoms with E-state index in [0.717, 1.165) is 5.56 Å². The van der Waals surface area contributed by atoms with E-state index in [4.69, 9.17) is 15.5 Å². The number of carbonyl (C=O) groups excluding carboxylic acids is 2. The third kappa shape index (κ3) is 3.87. The number of amides is 2. The maximum atomic E-state index is 13.2. The summed E-state index contributed by atoms with van der Waals surface area (Å²) in [6.07, 6.45) is 0. The molecule has 3 aromatic carbocycles. The van der Waals surface area contributed by atoms with Gasteiger partial charge in [0.05, 0.1) is 23.7 Å². The number of benzene rings is 3. The minimum Gasteiger partial charge on any atom is -0.506 e. The molecule has 170 valence electrons. The molecule has 1 aromatic heterocycles. The number of rotatable bonds is 6. The molecule has 0 spiro atoms. The van der Waals surface area contributed by atoms with Crippen molar-refractivity contribution >= 4 is 44.7 Å². The van der Waals surface area contributed by atoms with Crippen LogP contribution in [0, 0.1) is 6.92 Å². The summed E-state index contributed by atoms with van der Waals surface area (Å²) in [5, 5.41) is 14.6. The van der Waals surface area contributed by atoms with Crippen LogP contribution in [0.2, 0.25) is 0 Å². The Bertz CT molecular complexity index is 1430. The van der Waals surface area contributed by atoms with E-state index in [0.29, 0.717) is 46.2 Å². The summed E-state index contributed by atoms with van der Waals surface area (Å²) in [5.74, 6) is -0.796. The van der Waals surface area contributed by atoms with E-state index in [2.05, 4.69) is 10.3 Å². The first kappa shape index (κ1) is 22.2. The molecule has 0 fully saturated rings. The molecule has 0 aliphatic rings. The zero-order chi connectivity index (χ0) is 23.9. The number of ether oxygens (including phenoxy) is 1. The number of hydrogen-bond donors (Lipinski definition) is 3. The number of phenolic OH excluding ortho intramolecular Hbond substituents is 1. The molecule has 0 atom stereocenters. The Hall–Kier alpha value is -3.98. The normalized spacial score (nSPS) is 11.4. The SMILES string of the molecule is COc1cc2nc3c(nc2cc1C)c(C(=O)NCCN(C)C)c(O)c1cccc(C(N)=O)c13. The van der Waals surface area contributed by atoms with Gasteiger partial charge in [0.1, 0.15) is 22.6 Å². The van der Waals surface area contributed by atoms with Gasteiger partial charge < -0.3 is 25.8 Å². The molecular weight excluding hydrogens is 422 g/mol. The summed E-state index contributed by atoms with van der Waals surface area (Å²) in [5.41, 5.74) is 8.18. The summed E-state index contributed by atoms with van der Waals surface area (Å²) >= 11 is 0. The van der Waals surface area contributed by atoms with Crippen molar-refractivity contribution in [2.24, 2.45) is 5.73 Å². The van der Waals surface area contributed by atoms with E-state index in [-0.39, 0.29) is 22.4 Å². The van der Waals surface area contributed by atoms with Crippen LogP contribution in [0.15, 0.2) is 30.3 Å². The summed E-state index contributed by atoms with van der Waals surface area (Å²) in [6.45, 7) is 2.88. The summed E-state index contributed by atoms with van der Waals surface area (Å²) in [7, 11) is 5.36. The number of likely N-dealkylation sites (N-methyl/N-ethyl adjacent to an activating group) is 1. The zero-order valence-electron chi connectivity index (χ0n) is 18.9. The van der Waals surface area contributed by atoms with Crippen LogP contribution in [0.5, 0.6) is 11.5 Å². The predicted octanol–water partition coefficient (Wildman–Crippen LogP) is 2.35. The number of fused-ring (bicyclic) bond motifs is 4. The van der Waals surface area contributed by atoms with Gasteiger partial charge in [0, 0.05) is 35.5 Å². The van der Waals surface area contributed by atoms with Crippen molar-refractivity contribution in [1.29, 1.82) is 0 Å². The highest BCUT2D eigenvalue weighted by Gasteiger charge is 2.25. The fourth-order valence-electron chi connectivity index (χ4n) is 3.91. The molecule has 2 amide bonds. The first-order chi connectivity index (χ1) is 15.7. The quantitative estimate of drug-likeness (QED) is 0.305. The van der Waals surface area contributed by atoms with Crippen LogP contribution in [0.25, 0.3) is 32.8 Å². The number of aromatic nitrogens is 2. The van der Waals surface area contributed by atoms with E-state index in [1.165, 1.54) is 0 Å². The minimum absolute atomic E-state index is 0.000692. The Labute approximate surface area is 190 Å². The number of methoxy groups -OCH3 is 1. The van der Waals surface area contributed by atoms with Gasteiger partial charge in [-0.25, -0.2) is 9.97 Å². The van der Waals surface area contributed by atoms with Gasteiger partial charge in [-0.1, -0.05) is 12.1 Å². The van der Waals surface area contributed by atoms with E-state index >= 15 is 0 Å². The first-order valence-corrected chi connectivity index (χ1v) is 10.4. The highest BCUT2D eigenvalue weighted by molar-refractivity contribution is 6.23. The topological polar surface area (TPSA) is 131 Å². The minimum atomic E-state index is -0.673. The van der Waals surface area contributed by atoms with Crippen LogP contribution in [-0.4, -0.2) is 66.1 Å². The molecule has 0 saturated carbocycles. The number of nitrogens with two attached hydrogens (primary N) is 1. The van der Waals surface area contributed by atoms with E-state index in [1.54, 1.807) is 37.4 Å². The lowest BCUT2D eigenvalue weighted by atomic mass is 9.97. The van der Waals surface area contributed by atoms with E-state index < -0.39 is 11.8 Å². The first-order valence-electron chi connectivity index (χ1n) is 10.4. The second-order valence-electron chi connectivity index (χ2n) is 8.11.